The first-order chi connectivity index (χ1) is 9.34. The molecule has 0 saturated carbocycles. The van der Waals surface area contributed by atoms with Crippen LogP contribution in [0.15, 0.2) is 36.4 Å². The van der Waals surface area contributed by atoms with Crippen molar-refractivity contribution >= 4 is 12.0 Å². The van der Waals surface area contributed by atoms with Gasteiger partial charge in [-0.1, -0.05) is 30.3 Å². The van der Waals surface area contributed by atoms with Crippen LogP contribution in [0.5, 0.6) is 0 Å². The molecule has 1 heterocycles. The SMILES string of the molecule is O=C(C=Cc1ccccc1)NCCN1CCNCC1. The fraction of sp³-hybridized carbons (Fsp3) is 0.400. The molecule has 1 aromatic carbocycles. The number of nitrogens with one attached hydrogen (secondary N) is 2. The van der Waals surface area contributed by atoms with E-state index in [0.717, 1.165) is 38.3 Å². The van der Waals surface area contributed by atoms with Gasteiger partial charge in [-0.05, 0) is 11.6 Å². The van der Waals surface area contributed by atoms with Crippen molar-refractivity contribution in [2.75, 3.05) is 39.3 Å². The van der Waals surface area contributed by atoms with Crippen molar-refractivity contribution in [1.29, 1.82) is 0 Å². The van der Waals surface area contributed by atoms with E-state index in [1.807, 2.05) is 36.4 Å². The minimum absolute atomic E-state index is 0.0287. The lowest BCUT2D eigenvalue weighted by Crippen LogP contribution is -2.46. The molecule has 2 rings (SSSR count). The van der Waals surface area contributed by atoms with Gasteiger partial charge in [-0.25, -0.2) is 0 Å². The third-order valence-corrected chi connectivity index (χ3v) is 3.16. The molecule has 0 unspecified atom stereocenters. The molecule has 2 N–H and O–H groups in total. The molecular formula is C15H21N3O. The number of hydrogen-bond donors (Lipinski definition) is 2. The molecule has 1 aliphatic rings. The second-order valence-electron chi connectivity index (χ2n) is 4.63. The normalized spacial score (nSPS) is 16.6. The fourth-order valence-electron chi connectivity index (χ4n) is 2.07. The van der Waals surface area contributed by atoms with Gasteiger partial charge in [-0.2, -0.15) is 0 Å². The van der Waals surface area contributed by atoms with E-state index >= 15 is 0 Å². The van der Waals surface area contributed by atoms with Crippen molar-refractivity contribution in [3.63, 3.8) is 0 Å². The molecule has 4 nitrogen and oxygen atoms in total. The Morgan fingerprint density at radius 2 is 2.00 bits per heavy atom. The molecule has 0 atom stereocenters. The molecule has 0 bridgehead atoms. The molecule has 4 heteroatoms. The third kappa shape index (κ3) is 5.24. The van der Waals surface area contributed by atoms with Crippen LogP contribution in [0.4, 0.5) is 0 Å². The van der Waals surface area contributed by atoms with Gasteiger partial charge in [0.15, 0.2) is 0 Å². The van der Waals surface area contributed by atoms with Gasteiger partial charge in [-0.3, -0.25) is 9.69 Å². The summed E-state index contributed by atoms with van der Waals surface area (Å²) in [4.78, 5) is 14.0. The van der Waals surface area contributed by atoms with Crippen molar-refractivity contribution < 1.29 is 4.79 Å². The number of carbonyl (C=O) groups excluding carboxylic acids is 1. The zero-order valence-electron chi connectivity index (χ0n) is 11.1. The molecule has 1 fully saturated rings. The highest BCUT2D eigenvalue weighted by atomic mass is 16.1. The molecule has 1 saturated heterocycles. The van der Waals surface area contributed by atoms with Crippen molar-refractivity contribution in [1.82, 2.24) is 15.5 Å². The number of amides is 1. The van der Waals surface area contributed by atoms with Crippen molar-refractivity contribution in [3.05, 3.63) is 42.0 Å². The molecule has 102 valence electrons. The van der Waals surface area contributed by atoms with Crippen LogP contribution in [0.2, 0.25) is 0 Å². The first-order valence-electron chi connectivity index (χ1n) is 6.78. The molecule has 1 aliphatic heterocycles. The number of piperazine rings is 1. The Labute approximate surface area is 114 Å². The zero-order chi connectivity index (χ0) is 13.3. The Morgan fingerprint density at radius 3 is 2.74 bits per heavy atom. The lowest BCUT2D eigenvalue weighted by molar-refractivity contribution is -0.116. The van der Waals surface area contributed by atoms with Crippen molar-refractivity contribution in [3.8, 4) is 0 Å². The summed E-state index contributed by atoms with van der Waals surface area (Å²) < 4.78 is 0. The molecule has 0 aromatic heterocycles. The van der Waals surface area contributed by atoms with E-state index in [9.17, 15) is 4.79 Å². The summed E-state index contributed by atoms with van der Waals surface area (Å²) in [5.41, 5.74) is 1.04. The maximum Gasteiger partial charge on any atom is 0.244 e. The lowest BCUT2D eigenvalue weighted by Gasteiger charge is -2.26. The van der Waals surface area contributed by atoms with E-state index in [1.54, 1.807) is 6.08 Å². The van der Waals surface area contributed by atoms with Gasteiger partial charge >= 0.3 is 0 Å². The third-order valence-electron chi connectivity index (χ3n) is 3.16. The number of nitrogens with zero attached hydrogens (tertiary/aromatic N) is 1. The quantitative estimate of drug-likeness (QED) is 0.766. The van der Waals surface area contributed by atoms with E-state index in [2.05, 4.69) is 15.5 Å². The molecule has 1 amide bonds. The predicted molar refractivity (Wildman–Crippen MR) is 77.8 cm³/mol. The topological polar surface area (TPSA) is 44.4 Å². The van der Waals surface area contributed by atoms with E-state index in [0.29, 0.717) is 6.54 Å². The number of carbonyl (C=O) groups is 1. The van der Waals surface area contributed by atoms with E-state index < -0.39 is 0 Å². The van der Waals surface area contributed by atoms with Gasteiger partial charge in [-0.15, -0.1) is 0 Å². The minimum atomic E-state index is -0.0287. The first-order valence-corrected chi connectivity index (χ1v) is 6.78. The summed E-state index contributed by atoms with van der Waals surface area (Å²) in [5, 5.41) is 6.22. The fourth-order valence-corrected chi connectivity index (χ4v) is 2.07. The van der Waals surface area contributed by atoms with E-state index in [4.69, 9.17) is 0 Å². The predicted octanol–water partition coefficient (Wildman–Crippen LogP) is 0.721. The Kier molecular flexibility index (Phi) is 5.59. The zero-order valence-corrected chi connectivity index (χ0v) is 11.1. The van der Waals surface area contributed by atoms with Crippen molar-refractivity contribution in [2.24, 2.45) is 0 Å². The molecule has 19 heavy (non-hydrogen) atoms. The van der Waals surface area contributed by atoms with Crippen LogP contribution in [0.25, 0.3) is 6.08 Å². The molecular weight excluding hydrogens is 238 g/mol. The molecule has 1 aromatic rings. The second kappa shape index (κ2) is 7.71. The summed E-state index contributed by atoms with van der Waals surface area (Å²) in [5.74, 6) is -0.0287. The Morgan fingerprint density at radius 1 is 1.26 bits per heavy atom. The van der Waals surface area contributed by atoms with Crippen LogP contribution < -0.4 is 10.6 Å². The van der Waals surface area contributed by atoms with E-state index in [1.165, 1.54) is 0 Å². The molecule has 0 spiro atoms. The Balaban J connectivity index is 1.65. The van der Waals surface area contributed by atoms with Crippen LogP contribution in [0, 0.1) is 0 Å². The van der Waals surface area contributed by atoms with Gasteiger partial charge < -0.3 is 10.6 Å². The number of hydrogen-bond acceptors (Lipinski definition) is 3. The highest BCUT2D eigenvalue weighted by Gasteiger charge is 2.08. The Bertz CT molecular complexity index is 411. The van der Waals surface area contributed by atoms with E-state index in [-0.39, 0.29) is 5.91 Å². The maximum absolute atomic E-state index is 11.6. The second-order valence-corrected chi connectivity index (χ2v) is 4.63. The largest absolute Gasteiger partial charge is 0.351 e. The minimum Gasteiger partial charge on any atom is -0.351 e. The van der Waals surface area contributed by atoms with Gasteiger partial charge in [0.05, 0.1) is 0 Å². The van der Waals surface area contributed by atoms with Gasteiger partial charge in [0.1, 0.15) is 0 Å². The number of rotatable bonds is 5. The summed E-state index contributed by atoms with van der Waals surface area (Å²) in [6, 6.07) is 9.84. The summed E-state index contributed by atoms with van der Waals surface area (Å²) in [6.45, 7) is 5.85. The lowest BCUT2D eigenvalue weighted by atomic mass is 10.2. The van der Waals surface area contributed by atoms with Crippen LogP contribution in [0.3, 0.4) is 0 Å². The first kappa shape index (κ1) is 13.8. The number of benzene rings is 1. The van der Waals surface area contributed by atoms with Crippen LogP contribution in [0.1, 0.15) is 5.56 Å². The van der Waals surface area contributed by atoms with Gasteiger partial charge in [0, 0.05) is 45.3 Å². The average Bonchev–Trinajstić information content (AvgIpc) is 2.47. The van der Waals surface area contributed by atoms with Gasteiger partial charge in [0.2, 0.25) is 5.91 Å². The smallest absolute Gasteiger partial charge is 0.244 e. The van der Waals surface area contributed by atoms with Crippen LogP contribution in [-0.4, -0.2) is 50.1 Å². The maximum atomic E-state index is 11.6. The van der Waals surface area contributed by atoms with Crippen molar-refractivity contribution in [2.45, 2.75) is 0 Å². The standard InChI is InChI=1S/C15H21N3O/c19-15(7-6-14-4-2-1-3-5-14)17-10-13-18-11-8-16-9-12-18/h1-7,16H,8-13H2,(H,17,19). The van der Waals surface area contributed by atoms with Crippen LogP contribution >= 0.6 is 0 Å². The van der Waals surface area contributed by atoms with Gasteiger partial charge in [0.25, 0.3) is 0 Å². The van der Waals surface area contributed by atoms with Crippen LogP contribution in [-0.2, 0) is 4.79 Å². The highest BCUT2D eigenvalue weighted by molar-refractivity contribution is 5.91. The summed E-state index contributed by atoms with van der Waals surface area (Å²) in [6.07, 6.45) is 3.42. The summed E-state index contributed by atoms with van der Waals surface area (Å²) >= 11 is 0. The average molecular weight is 259 g/mol. The molecule has 0 aliphatic carbocycles. The summed E-state index contributed by atoms with van der Waals surface area (Å²) in [7, 11) is 0. The highest BCUT2D eigenvalue weighted by Crippen LogP contribution is 2.00. The molecule has 0 radical (unpaired) electrons. The monoisotopic (exact) mass is 259 g/mol. The Hall–Kier alpha value is -1.65.